The molecule has 5 heterocycles. The number of dihydropyridines is 1. The maximum Gasteiger partial charge on any atom is 0.0616 e. The third kappa shape index (κ3) is 5.78. The Bertz CT molecular complexity index is 3010. The van der Waals surface area contributed by atoms with Crippen LogP contribution < -0.4 is 10.6 Å². The topological polar surface area (TPSA) is 41.9 Å². The molecule has 0 saturated carbocycles. The zero-order valence-electron chi connectivity index (χ0n) is 31.1. The molecule has 1 unspecified atom stereocenters. The third-order valence-electron chi connectivity index (χ3n) is 11.6. The van der Waals surface area contributed by atoms with Crippen LogP contribution in [0.2, 0.25) is 0 Å². The fourth-order valence-corrected chi connectivity index (χ4v) is 10.2. The van der Waals surface area contributed by atoms with E-state index in [4.69, 9.17) is 0 Å². The van der Waals surface area contributed by atoms with Crippen LogP contribution in [0.25, 0.3) is 76.0 Å². The van der Waals surface area contributed by atoms with Gasteiger partial charge in [-0.1, -0.05) is 133 Å². The summed E-state index contributed by atoms with van der Waals surface area (Å²) in [5.41, 5.74) is 14.7. The number of nitrogens with one attached hydrogen (secondary N) is 2. The normalized spacial score (nSPS) is 16.4. The molecule has 5 heteroatoms. The van der Waals surface area contributed by atoms with Crippen LogP contribution in [0, 0.1) is 0 Å². The van der Waals surface area contributed by atoms with E-state index in [1.165, 1.54) is 81.3 Å². The summed E-state index contributed by atoms with van der Waals surface area (Å²) in [6.07, 6.45) is 12.7. The van der Waals surface area contributed by atoms with Crippen molar-refractivity contribution < 1.29 is 0 Å². The fourth-order valence-electron chi connectivity index (χ4n) is 8.84. The van der Waals surface area contributed by atoms with Gasteiger partial charge in [0.25, 0.3) is 0 Å². The molecule has 57 heavy (non-hydrogen) atoms. The van der Waals surface area contributed by atoms with Crippen molar-refractivity contribution >= 4 is 48.9 Å². The number of fused-ring (bicyclic) bond motifs is 5. The number of rotatable bonds is 7. The zero-order chi connectivity index (χ0) is 37.7. The number of benzene rings is 6. The largest absolute Gasteiger partial charge is 0.387 e. The molecular weight excluding hydrogens is 713 g/mol. The van der Waals surface area contributed by atoms with Gasteiger partial charge in [-0.15, -0.1) is 11.3 Å². The molecule has 2 atom stereocenters. The lowest BCUT2D eigenvalue weighted by atomic mass is 9.88. The lowest BCUT2D eigenvalue weighted by molar-refractivity contribution is 0.656. The van der Waals surface area contributed by atoms with Crippen molar-refractivity contribution in [1.82, 2.24) is 20.2 Å². The zero-order valence-corrected chi connectivity index (χ0v) is 32.0. The van der Waals surface area contributed by atoms with Crippen molar-refractivity contribution in [2.24, 2.45) is 0 Å². The van der Waals surface area contributed by atoms with E-state index in [1.807, 2.05) is 23.7 Å². The van der Waals surface area contributed by atoms with E-state index in [0.717, 1.165) is 17.9 Å². The molecule has 0 amide bonds. The third-order valence-corrected chi connectivity index (χ3v) is 12.8. The van der Waals surface area contributed by atoms with Crippen molar-refractivity contribution in [3.8, 4) is 38.4 Å². The second-order valence-corrected chi connectivity index (χ2v) is 15.8. The second kappa shape index (κ2) is 14.0. The van der Waals surface area contributed by atoms with Gasteiger partial charge in [-0.25, -0.2) is 0 Å². The van der Waals surface area contributed by atoms with E-state index in [9.17, 15) is 0 Å². The summed E-state index contributed by atoms with van der Waals surface area (Å²) in [5, 5.41) is 11.1. The highest BCUT2D eigenvalue weighted by molar-refractivity contribution is 7.24. The minimum Gasteiger partial charge on any atom is -0.387 e. The van der Waals surface area contributed by atoms with Crippen LogP contribution in [0.5, 0.6) is 0 Å². The van der Waals surface area contributed by atoms with E-state index in [1.54, 1.807) is 0 Å². The van der Waals surface area contributed by atoms with E-state index >= 15 is 0 Å². The average molecular weight is 751 g/mol. The van der Waals surface area contributed by atoms with Gasteiger partial charge >= 0.3 is 0 Å². The summed E-state index contributed by atoms with van der Waals surface area (Å²) < 4.78 is 3.78. The highest BCUT2D eigenvalue weighted by Gasteiger charge is 2.31. The maximum absolute atomic E-state index is 4.19. The van der Waals surface area contributed by atoms with E-state index in [2.05, 4.69) is 202 Å². The molecule has 0 aliphatic carbocycles. The van der Waals surface area contributed by atoms with Crippen LogP contribution in [0.15, 0.2) is 200 Å². The Morgan fingerprint density at radius 2 is 1.30 bits per heavy atom. The monoisotopic (exact) mass is 750 g/mol. The highest BCUT2D eigenvalue weighted by atomic mass is 32.1. The van der Waals surface area contributed by atoms with Gasteiger partial charge < -0.3 is 15.2 Å². The van der Waals surface area contributed by atoms with Crippen molar-refractivity contribution in [2.75, 3.05) is 6.54 Å². The summed E-state index contributed by atoms with van der Waals surface area (Å²) in [6.45, 7) is 0.830. The summed E-state index contributed by atoms with van der Waals surface area (Å²) in [7, 11) is 0. The van der Waals surface area contributed by atoms with E-state index in [0.29, 0.717) is 0 Å². The molecule has 6 aromatic carbocycles. The minimum absolute atomic E-state index is 0.127. The first-order chi connectivity index (χ1) is 28.3. The molecule has 11 rings (SSSR count). The predicted octanol–water partition coefficient (Wildman–Crippen LogP) is 12.5. The molecule has 0 saturated heterocycles. The molecule has 2 aliphatic rings. The van der Waals surface area contributed by atoms with Gasteiger partial charge in [0.1, 0.15) is 0 Å². The van der Waals surface area contributed by atoms with Gasteiger partial charge in [-0.2, -0.15) is 0 Å². The molecule has 9 aromatic rings. The van der Waals surface area contributed by atoms with Crippen LogP contribution in [-0.4, -0.2) is 22.1 Å². The number of aromatic nitrogens is 2. The Morgan fingerprint density at radius 3 is 2.05 bits per heavy atom. The lowest BCUT2D eigenvalue weighted by Crippen LogP contribution is -2.30. The molecule has 4 nitrogen and oxygen atoms in total. The number of pyridine rings is 1. The summed E-state index contributed by atoms with van der Waals surface area (Å²) in [5.74, 6) is 0.166. The fraction of sp³-hybridized carbons (Fsp3) is 0.0577. The Balaban J connectivity index is 1.01. The van der Waals surface area contributed by atoms with Crippen molar-refractivity contribution in [2.45, 2.75) is 12.0 Å². The van der Waals surface area contributed by atoms with Crippen LogP contribution >= 0.6 is 11.3 Å². The minimum atomic E-state index is 0.127. The smallest absolute Gasteiger partial charge is 0.0616 e. The van der Waals surface area contributed by atoms with Gasteiger partial charge in [0.2, 0.25) is 0 Å². The molecule has 0 fully saturated rings. The number of nitrogens with zero attached hydrogens (tertiary/aromatic N) is 2. The Morgan fingerprint density at radius 1 is 0.596 bits per heavy atom. The molecular formula is C52H38N4S. The van der Waals surface area contributed by atoms with E-state index < -0.39 is 0 Å². The van der Waals surface area contributed by atoms with Gasteiger partial charge in [0.05, 0.1) is 17.1 Å². The van der Waals surface area contributed by atoms with Crippen LogP contribution in [0.3, 0.4) is 0 Å². The first-order valence-electron chi connectivity index (χ1n) is 19.6. The average Bonchev–Trinajstić information content (AvgIpc) is 4.01. The molecule has 0 spiro atoms. The number of thiophene rings is 1. The van der Waals surface area contributed by atoms with Gasteiger partial charge in [-0.3, -0.25) is 4.98 Å². The second-order valence-electron chi connectivity index (χ2n) is 14.8. The van der Waals surface area contributed by atoms with Crippen LogP contribution in [0.4, 0.5) is 0 Å². The molecule has 2 aliphatic heterocycles. The van der Waals surface area contributed by atoms with Gasteiger partial charge in [-0.05, 0) is 87.6 Å². The van der Waals surface area contributed by atoms with E-state index in [-0.39, 0.29) is 12.0 Å². The Kier molecular flexibility index (Phi) is 8.18. The quantitative estimate of drug-likeness (QED) is 0.170. The molecule has 0 bridgehead atoms. The molecule has 3 aromatic heterocycles. The summed E-state index contributed by atoms with van der Waals surface area (Å²) in [4.78, 5) is 5.49. The molecule has 2 N–H and O–H groups in total. The Hall–Kier alpha value is -6.95. The van der Waals surface area contributed by atoms with Gasteiger partial charge in [0, 0.05) is 67.5 Å². The van der Waals surface area contributed by atoms with Crippen LogP contribution in [-0.2, 0) is 0 Å². The van der Waals surface area contributed by atoms with Crippen molar-refractivity contribution in [3.63, 3.8) is 0 Å². The standard InChI is InChI=1S/C52H38N4S/c1-3-9-38(10-4-1)48-43-23-24-47-49(52(43)57-51(48)40-11-5-2-6-12-40)42-13-7-8-14-46(42)56(47)41-21-19-36(20-22-41)44-33-45(55-50(44)39-27-31-54-32-28-39)37-17-15-34(16-18-37)35-25-29-53-30-26-35/h1-31,33,44,50,54-55H,32H2/t44-,50?/m0/s1. The summed E-state index contributed by atoms with van der Waals surface area (Å²) in [6, 6.07) is 57.6. The van der Waals surface area contributed by atoms with Crippen LogP contribution in [0.1, 0.15) is 17.0 Å². The molecule has 0 radical (unpaired) electrons. The lowest BCUT2D eigenvalue weighted by Gasteiger charge is -2.24. The highest BCUT2D eigenvalue weighted by Crippen LogP contribution is 2.49. The first-order valence-corrected chi connectivity index (χ1v) is 20.4. The maximum atomic E-state index is 4.19. The van der Waals surface area contributed by atoms with Crippen molar-refractivity contribution in [1.29, 1.82) is 0 Å². The SMILES string of the molecule is C1=CC(C2NC(c3ccc(-c4ccncc4)cc3)=C[C@H]2c2ccc(-n3c4ccccc4c4c5sc(-c6ccccc6)c(-c6ccccc6)c5ccc43)cc2)=CCN1. The predicted molar refractivity (Wildman–Crippen MR) is 240 cm³/mol. The first kappa shape index (κ1) is 33.4. The van der Waals surface area contributed by atoms with Gasteiger partial charge in [0.15, 0.2) is 0 Å². The van der Waals surface area contributed by atoms with Crippen molar-refractivity contribution in [3.05, 3.63) is 211 Å². The molecule has 272 valence electrons. The Labute approximate surface area is 335 Å². The number of hydrogen-bond acceptors (Lipinski definition) is 4. The summed E-state index contributed by atoms with van der Waals surface area (Å²) >= 11 is 1.91. The number of hydrogen-bond donors (Lipinski definition) is 2. The number of para-hydroxylation sites is 1.